The Labute approximate surface area is 117 Å². The molecule has 3 heteroatoms. The standard InChI is InChI=1S/C16H29NO2/c1-16(2)13(11-14(16)18)17-15(19)10-6-9-12-7-4-3-5-8-12/h12-14,18H,3-11H2,1-2H3,(H,17,19). The van der Waals surface area contributed by atoms with Crippen molar-refractivity contribution in [2.45, 2.75) is 83.8 Å². The predicted octanol–water partition coefficient (Wildman–Crippen LogP) is 3.01. The number of hydrogen-bond acceptors (Lipinski definition) is 2. The Morgan fingerprint density at radius 1 is 1.26 bits per heavy atom. The van der Waals surface area contributed by atoms with Crippen LogP contribution in [0.15, 0.2) is 0 Å². The molecule has 2 saturated carbocycles. The van der Waals surface area contributed by atoms with Crippen LogP contribution in [-0.4, -0.2) is 23.2 Å². The van der Waals surface area contributed by atoms with Crippen LogP contribution in [0.1, 0.15) is 71.6 Å². The van der Waals surface area contributed by atoms with Gasteiger partial charge >= 0.3 is 0 Å². The van der Waals surface area contributed by atoms with E-state index < -0.39 is 0 Å². The molecular weight excluding hydrogens is 238 g/mol. The predicted molar refractivity (Wildman–Crippen MR) is 76.8 cm³/mol. The van der Waals surface area contributed by atoms with Gasteiger partial charge in [-0.05, 0) is 25.2 Å². The van der Waals surface area contributed by atoms with Gasteiger partial charge in [0.05, 0.1) is 6.10 Å². The van der Waals surface area contributed by atoms with Crippen LogP contribution in [0, 0.1) is 11.3 Å². The zero-order valence-corrected chi connectivity index (χ0v) is 12.5. The molecule has 0 bridgehead atoms. The average molecular weight is 267 g/mol. The SMILES string of the molecule is CC1(C)C(O)CC1NC(=O)CCCC1CCCCC1. The van der Waals surface area contributed by atoms with E-state index in [0.717, 1.165) is 12.3 Å². The fourth-order valence-corrected chi connectivity index (χ4v) is 3.44. The Bertz CT molecular complexity index is 308. The summed E-state index contributed by atoms with van der Waals surface area (Å²) in [6, 6.07) is 0.157. The van der Waals surface area contributed by atoms with Gasteiger partial charge in [0.25, 0.3) is 0 Å². The molecule has 0 radical (unpaired) electrons. The summed E-state index contributed by atoms with van der Waals surface area (Å²) in [5.74, 6) is 1.03. The highest BCUT2D eigenvalue weighted by molar-refractivity contribution is 5.76. The van der Waals surface area contributed by atoms with Crippen molar-refractivity contribution >= 4 is 5.91 Å². The maximum Gasteiger partial charge on any atom is 0.220 e. The summed E-state index contributed by atoms with van der Waals surface area (Å²) >= 11 is 0. The van der Waals surface area contributed by atoms with Gasteiger partial charge < -0.3 is 10.4 Å². The lowest BCUT2D eigenvalue weighted by Crippen LogP contribution is -2.61. The Balaban J connectivity index is 1.60. The molecule has 0 aliphatic heterocycles. The van der Waals surface area contributed by atoms with Crippen molar-refractivity contribution in [3.8, 4) is 0 Å². The van der Waals surface area contributed by atoms with Crippen molar-refractivity contribution in [2.75, 3.05) is 0 Å². The Kier molecular flexibility index (Phi) is 4.88. The molecule has 0 heterocycles. The molecule has 2 fully saturated rings. The van der Waals surface area contributed by atoms with E-state index in [1.54, 1.807) is 0 Å². The number of rotatable bonds is 5. The van der Waals surface area contributed by atoms with Crippen molar-refractivity contribution in [3.05, 3.63) is 0 Å². The van der Waals surface area contributed by atoms with E-state index in [2.05, 4.69) is 5.32 Å². The molecule has 110 valence electrons. The first-order chi connectivity index (χ1) is 9.00. The largest absolute Gasteiger partial charge is 0.392 e. The molecular formula is C16H29NO2. The van der Waals surface area contributed by atoms with E-state index in [4.69, 9.17) is 0 Å². The van der Waals surface area contributed by atoms with Crippen LogP contribution >= 0.6 is 0 Å². The maximum absolute atomic E-state index is 11.9. The van der Waals surface area contributed by atoms with Crippen LogP contribution in [0.5, 0.6) is 0 Å². The quantitative estimate of drug-likeness (QED) is 0.804. The number of nitrogens with one attached hydrogen (secondary N) is 1. The summed E-state index contributed by atoms with van der Waals surface area (Å²) in [6.07, 6.45) is 10.2. The average Bonchev–Trinajstić information content (AvgIpc) is 2.39. The Hall–Kier alpha value is -0.570. The number of amides is 1. The highest BCUT2D eigenvalue weighted by Crippen LogP contribution is 2.40. The number of carbonyl (C=O) groups is 1. The summed E-state index contributed by atoms with van der Waals surface area (Å²) in [5.41, 5.74) is -0.154. The lowest BCUT2D eigenvalue weighted by Gasteiger charge is -2.49. The van der Waals surface area contributed by atoms with Gasteiger partial charge in [0.1, 0.15) is 0 Å². The van der Waals surface area contributed by atoms with Gasteiger partial charge in [-0.25, -0.2) is 0 Å². The summed E-state index contributed by atoms with van der Waals surface area (Å²) < 4.78 is 0. The molecule has 0 aromatic heterocycles. The first kappa shape index (κ1) is 14.8. The molecule has 0 spiro atoms. The molecule has 2 N–H and O–H groups in total. The second kappa shape index (κ2) is 6.25. The van der Waals surface area contributed by atoms with Crippen molar-refractivity contribution in [2.24, 2.45) is 11.3 Å². The van der Waals surface area contributed by atoms with Gasteiger partial charge in [0.15, 0.2) is 0 Å². The smallest absolute Gasteiger partial charge is 0.220 e. The number of carbonyl (C=O) groups excluding carboxylic acids is 1. The van der Waals surface area contributed by atoms with Gasteiger partial charge in [-0.15, -0.1) is 0 Å². The minimum Gasteiger partial charge on any atom is -0.392 e. The van der Waals surface area contributed by atoms with Gasteiger partial charge in [-0.1, -0.05) is 46.0 Å². The van der Waals surface area contributed by atoms with Crippen molar-refractivity contribution in [1.29, 1.82) is 0 Å². The third kappa shape index (κ3) is 3.71. The third-order valence-electron chi connectivity index (χ3n) is 5.29. The summed E-state index contributed by atoms with van der Waals surface area (Å²) in [7, 11) is 0. The van der Waals surface area contributed by atoms with Crippen molar-refractivity contribution in [1.82, 2.24) is 5.32 Å². The number of aliphatic hydroxyl groups is 1. The van der Waals surface area contributed by atoms with E-state index in [1.807, 2.05) is 13.8 Å². The summed E-state index contributed by atoms with van der Waals surface area (Å²) in [4.78, 5) is 11.9. The first-order valence-electron chi connectivity index (χ1n) is 7.97. The fraction of sp³-hybridized carbons (Fsp3) is 0.938. The number of aliphatic hydroxyl groups excluding tert-OH is 1. The minimum atomic E-state index is -0.264. The summed E-state index contributed by atoms with van der Waals surface area (Å²) in [5, 5.41) is 12.7. The molecule has 3 nitrogen and oxygen atoms in total. The molecule has 2 aliphatic carbocycles. The fourth-order valence-electron chi connectivity index (χ4n) is 3.44. The van der Waals surface area contributed by atoms with E-state index in [-0.39, 0.29) is 23.5 Å². The number of hydrogen-bond donors (Lipinski definition) is 2. The van der Waals surface area contributed by atoms with Gasteiger partial charge in [-0.3, -0.25) is 4.79 Å². The van der Waals surface area contributed by atoms with E-state index in [9.17, 15) is 9.90 Å². The molecule has 1 amide bonds. The molecule has 19 heavy (non-hydrogen) atoms. The van der Waals surface area contributed by atoms with Crippen LogP contribution in [-0.2, 0) is 4.79 Å². The van der Waals surface area contributed by atoms with Crippen LogP contribution in [0.2, 0.25) is 0 Å². The van der Waals surface area contributed by atoms with Crippen LogP contribution in [0.25, 0.3) is 0 Å². The Morgan fingerprint density at radius 2 is 1.95 bits per heavy atom. The minimum absolute atomic E-state index is 0.154. The van der Waals surface area contributed by atoms with E-state index in [1.165, 1.54) is 38.5 Å². The second-order valence-electron chi connectivity index (χ2n) is 7.09. The molecule has 2 atom stereocenters. The molecule has 0 aromatic rings. The van der Waals surface area contributed by atoms with Crippen LogP contribution in [0.4, 0.5) is 0 Å². The molecule has 2 rings (SSSR count). The van der Waals surface area contributed by atoms with Crippen LogP contribution < -0.4 is 5.32 Å². The van der Waals surface area contributed by atoms with Crippen molar-refractivity contribution in [3.63, 3.8) is 0 Å². The van der Waals surface area contributed by atoms with Crippen molar-refractivity contribution < 1.29 is 9.90 Å². The molecule has 2 unspecified atom stereocenters. The van der Waals surface area contributed by atoms with Gasteiger partial charge in [0, 0.05) is 17.9 Å². The highest BCUT2D eigenvalue weighted by Gasteiger charge is 2.47. The lowest BCUT2D eigenvalue weighted by atomic mass is 9.64. The van der Waals surface area contributed by atoms with E-state index >= 15 is 0 Å². The second-order valence-corrected chi connectivity index (χ2v) is 7.09. The van der Waals surface area contributed by atoms with Gasteiger partial charge in [-0.2, -0.15) is 0 Å². The third-order valence-corrected chi connectivity index (χ3v) is 5.29. The van der Waals surface area contributed by atoms with Gasteiger partial charge in [0.2, 0.25) is 5.91 Å². The molecule has 0 aromatic carbocycles. The first-order valence-corrected chi connectivity index (χ1v) is 7.97. The lowest BCUT2D eigenvalue weighted by molar-refractivity contribution is -0.129. The van der Waals surface area contributed by atoms with Crippen LogP contribution in [0.3, 0.4) is 0 Å². The van der Waals surface area contributed by atoms with E-state index in [0.29, 0.717) is 12.8 Å². The zero-order chi connectivity index (χ0) is 13.9. The topological polar surface area (TPSA) is 49.3 Å². The zero-order valence-electron chi connectivity index (χ0n) is 12.5. The maximum atomic E-state index is 11.9. The highest BCUT2D eigenvalue weighted by atomic mass is 16.3. The molecule has 0 saturated heterocycles. The monoisotopic (exact) mass is 267 g/mol. The summed E-state index contributed by atoms with van der Waals surface area (Å²) in [6.45, 7) is 4.04. The normalized spacial score (nSPS) is 30.7. The molecule has 2 aliphatic rings. The Morgan fingerprint density at radius 3 is 2.53 bits per heavy atom.